The van der Waals surface area contributed by atoms with Gasteiger partial charge in [0.2, 0.25) is 11.9 Å². The van der Waals surface area contributed by atoms with Gasteiger partial charge in [-0.3, -0.25) is 4.90 Å². The number of carbonyl (C=O) groups is 1. The number of nitrogens with zero attached hydrogens (tertiary/aromatic N) is 3. The lowest BCUT2D eigenvalue weighted by molar-refractivity contribution is 0.0692. The van der Waals surface area contributed by atoms with E-state index < -0.39 is 23.0 Å². The molecule has 5 N–H and O–H groups in total. The zero-order chi connectivity index (χ0) is 16.6. The van der Waals surface area contributed by atoms with Crippen LogP contribution in [0.2, 0.25) is 0 Å². The quantitative estimate of drug-likeness (QED) is 0.766. The third-order valence-corrected chi connectivity index (χ3v) is 4.29. The van der Waals surface area contributed by atoms with Crippen LogP contribution in [-0.2, 0) is 0 Å². The molecule has 0 saturated heterocycles. The highest BCUT2D eigenvalue weighted by atomic mass is 19.1. The van der Waals surface area contributed by atoms with E-state index in [1.165, 1.54) is 12.1 Å². The first-order valence-electron chi connectivity index (χ1n) is 7.45. The van der Waals surface area contributed by atoms with Crippen LogP contribution in [0.15, 0.2) is 28.2 Å². The van der Waals surface area contributed by atoms with Gasteiger partial charge in [-0.1, -0.05) is 6.42 Å². The summed E-state index contributed by atoms with van der Waals surface area (Å²) in [5.74, 6) is -1.88. The molecule has 0 unspecified atom stereocenters. The van der Waals surface area contributed by atoms with E-state index in [1.54, 1.807) is 4.90 Å². The number of anilines is 1. The van der Waals surface area contributed by atoms with Crippen LogP contribution in [0, 0.1) is 5.82 Å². The summed E-state index contributed by atoms with van der Waals surface area (Å²) in [7, 11) is 0. The van der Waals surface area contributed by atoms with Gasteiger partial charge in [0.25, 0.3) is 0 Å². The summed E-state index contributed by atoms with van der Waals surface area (Å²) >= 11 is 0. The first-order valence-corrected chi connectivity index (χ1v) is 7.45. The second-order valence-corrected chi connectivity index (χ2v) is 5.79. The minimum atomic E-state index is -1.34. The van der Waals surface area contributed by atoms with E-state index in [0.29, 0.717) is 5.69 Å². The topological polar surface area (TPSA) is 117 Å². The molecule has 0 radical (unpaired) electrons. The standard InChI is InChI=1S/C15H18FN5O2/c16-11-5-4-9(8-10(11)12(22)23)21-14(18)19-13(17)20-15(21)6-2-1-3-7-15/h4-5,8H,1-3,6-7H2,(H,22,23)(H4,17,18,19,20). The second-order valence-electron chi connectivity index (χ2n) is 5.79. The lowest BCUT2D eigenvalue weighted by Crippen LogP contribution is -2.58. The van der Waals surface area contributed by atoms with Crippen LogP contribution >= 0.6 is 0 Å². The molecule has 1 spiro atoms. The molecule has 0 atom stereocenters. The Balaban J connectivity index is 2.10. The van der Waals surface area contributed by atoms with Crippen LogP contribution in [0.25, 0.3) is 0 Å². The highest BCUT2D eigenvalue weighted by molar-refractivity contribution is 6.06. The van der Waals surface area contributed by atoms with Crippen LogP contribution < -0.4 is 16.4 Å². The number of hydrogen-bond donors (Lipinski definition) is 3. The van der Waals surface area contributed by atoms with Gasteiger partial charge in [0.1, 0.15) is 11.5 Å². The predicted octanol–water partition coefficient (Wildman–Crippen LogP) is 1.63. The fraction of sp³-hybridized carbons (Fsp3) is 0.400. The largest absolute Gasteiger partial charge is 0.478 e. The van der Waals surface area contributed by atoms with Crippen molar-refractivity contribution in [1.82, 2.24) is 0 Å². The highest BCUT2D eigenvalue weighted by Crippen LogP contribution is 2.39. The lowest BCUT2D eigenvalue weighted by atomic mass is 9.87. The van der Waals surface area contributed by atoms with E-state index in [0.717, 1.165) is 38.2 Å². The Bertz CT molecular complexity index is 710. The number of benzene rings is 1. The minimum absolute atomic E-state index is 0.112. The number of rotatable bonds is 2. The molecule has 0 bridgehead atoms. The van der Waals surface area contributed by atoms with Crippen molar-refractivity contribution in [2.45, 2.75) is 37.8 Å². The molecule has 0 aromatic heterocycles. The maximum atomic E-state index is 13.7. The molecule has 1 aliphatic heterocycles. The molecule has 8 heteroatoms. The van der Waals surface area contributed by atoms with Crippen LogP contribution in [0.3, 0.4) is 0 Å². The van der Waals surface area contributed by atoms with Crippen molar-refractivity contribution in [3.8, 4) is 0 Å². The van der Waals surface area contributed by atoms with Gasteiger partial charge in [-0.15, -0.1) is 0 Å². The average molecular weight is 319 g/mol. The normalized spacial score (nSPS) is 20.1. The SMILES string of the molecule is NC1=NC2(CCCCC2)N(c2ccc(F)c(C(=O)O)c2)C(N)=N1. The van der Waals surface area contributed by atoms with Crippen molar-refractivity contribution in [3.05, 3.63) is 29.6 Å². The lowest BCUT2D eigenvalue weighted by Gasteiger charge is -2.45. The van der Waals surface area contributed by atoms with Gasteiger partial charge in [0.05, 0.1) is 5.56 Å². The first kappa shape index (κ1) is 15.3. The van der Waals surface area contributed by atoms with Crippen LogP contribution in [-0.4, -0.2) is 28.7 Å². The summed E-state index contributed by atoms with van der Waals surface area (Å²) in [4.78, 5) is 21.3. The molecule has 2 aliphatic rings. The van der Waals surface area contributed by atoms with Gasteiger partial charge in [-0.2, -0.15) is 4.99 Å². The third kappa shape index (κ3) is 2.60. The minimum Gasteiger partial charge on any atom is -0.478 e. The summed E-state index contributed by atoms with van der Waals surface area (Å²) in [5, 5.41) is 9.13. The van der Waals surface area contributed by atoms with E-state index in [4.69, 9.17) is 16.6 Å². The van der Waals surface area contributed by atoms with Gasteiger partial charge >= 0.3 is 5.97 Å². The summed E-state index contributed by atoms with van der Waals surface area (Å²) < 4.78 is 13.7. The van der Waals surface area contributed by atoms with E-state index in [-0.39, 0.29) is 11.9 Å². The predicted molar refractivity (Wildman–Crippen MR) is 84.9 cm³/mol. The third-order valence-electron chi connectivity index (χ3n) is 4.29. The molecule has 1 saturated carbocycles. The molecule has 122 valence electrons. The number of halogens is 1. The number of aromatic carboxylic acids is 1. The van der Waals surface area contributed by atoms with Gasteiger partial charge < -0.3 is 16.6 Å². The molecule has 0 amide bonds. The number of carboxylic acid groups (broad SMARTS) is 1. The Kier molecular flexibility index (Phi) is 3.67. The fourth-order valence-electron chi connectivity index (χ4n) is 3.31. The van der Waals surface area contributed by atoms with E-state index >= 15 is 0 Å². The van der Waals surface area contributed by atoms with E-state index in [9.17, 15) is 9.18 Å². The average Bonchev–Trinajstić information content (AvgIpc) is 2.48. The summed E-state index contributed by atoms with van der Waals surface area (Å²) in [6, 6.07) is 3.86. The first-order chi connectivity index (χ1) is 10.9. The Morgan fingerprint density at radius 1 is 1.26 bits per heavy atom. The number of aliphatic imine (C=N–C) groups is 2. The van der Waals surface area contributed by atoms with Crippen molar-refractivity contribution < 1.29 is 14.3 Å². The Labute approximate surface area is 132 Å². The molecule has 7 nitrogen and oxygen atoms in total. The van der Waals surface area contributed by atoms with Crippen molar-refractivity contribution in [3.63, 3.8) is 0 Å². The number of guanidine groups is 2. The molecule has 1 aliphatic carbocycles. The van der Waals surface area contributed by atoms with Gasteiger partial charge in [0, 0.05) is 5.69 Å². The van der Waals surface area contributed by atoms with Crippen molar-refractivity contribution in [2.24, 2.45) is 21.5 Å². The Morgan fingerprint density at radius 3 is 2.61 bits per heavy atom. The van der Waals surface area contributed by atoms with Crippen molar-refractivity contribution in [1.29, 1.82) is 0 Å². The second kappa shape index (κ2) is 5.53. The number of nitrogens with two attached hydrogens (primary N) is 2. The van der Waals surface area contributed by atoms with Crippen LogP contribution in [0.4, 0.5) is 10.1 Å². The molecule has 1 fully saturated rings. The molecule has 1 heterocycles. The monoisotopic (exact) mass is 319 g/mol. The van der Waals surface area contributed by atoms with E-state index in [1.807, 2.05) is 0 Å². The fourth-order valence-corrected chi connectivity index (χ4v) is 3.31. The summed E-state index contributed by atoms with van der Waals surface area (Å²) in [5.41, 5.74) is 11.2. The molecule has 1 aromatic carbocycles. The zero-order valence-electron chi connectivity index (χ0n) is 12.5. The maximum absolute atomic E-state index is 13.7. The van der Waals surface area contributed by atoms with Gasteiger partial charge in [-0.05, 0) is 43.9 Å². The van der Waals surface area contributed by atoms with Crippen molar-refractivity contribution >= 4 is 23.6 Å². The van der Waals surface area contributed by atoms with Crippen LogP contribution in [0.5, 0.6) is 0 Å². The molecule has 1 aromatic rings. The summed E-state index contributed by atoms with van der Waals surface area (Å²) in [6.45, 7) is 0. The maximum Gasteiger partial charge on any atom is 0.338 e. The van der Waals surface area contributed by atoms with Crippen LogP contribution in [0.1, 0.15) is 42.5 Å². The Hall–Kier alpha value is -2.64. The molecule has 23 heavy (non-hydrogen) atoms. The zero-order valence-corrected chi connectivity index (χ0v) is 12.5. The van der Waals surface area contributed by atoms with Gasteiger partial charge in [0.15, 0.2) is 0 Å². The van der Waals surface area contributed by atoms with Crippen molar-refractivity contribution in [2.75, 3.05) is 4.90 Å². The summed E-state index contributed by atoms with van der Waals surface area (Å²) in [6.07, 6.45) is 4.44. The highest BCUT2D eigenvalue weighted by Gasteiger charge is 2.42. The van der Waals surface area contributed by atoms with Gasteiger partial charge in [-0.25, -0.2) is 14.2 Å². The number of hydrogen-bond acceptors (Lipinski definition) is 6. The molecule has 3 rings (SSSR count). The molecular weight excluding hydrogens is 301 g/mol. The number of carboxylic acids is 1. The Morgan fingerprint density at radius 2 is 1.96 bits per heavy atom. The van der Waals surface area contributed by atoms with E-state index in [2.05, 4.69) is 9.98 Å². The smallest absolute Gasteiger partial charge is 0.338 e. The molecular formula is C15H18FN5O2.